The fourth-order valence-electron chi connectivity index (χ4n) is 2.90. The number of phenols is 2. The summed E-state index contributed by atoms with van der Waals surface area (Å²) in [4.78, 5) is 0. The van der Waals surface area contributed by atoms with Crippen LogP contribution in [0.2, 0.25) is 0 Å². The fourth-order valence-corrected chi connectivity index (χ4v) is 2.90. The maximum absolute atomic E-state index is 9.57. The molecule has 4 nitrogen and oxygen atoms in total. The molecule has 0 radical (unpaired) electrons. The molecule has 2 rings (SSSR count). The number of hydrogen-bond donors (Lipinski definition) is 2. The Morgan fingerprint density at radius 1 is 0.750 bits per heavy atom. The van der Waals surface area contributed by atoms with Gasteiger partial charge < -0.3 is 19.7 Å². The molecule has 0 spiro atoms. The Kier molecular flexibility index (Phi) is 5.96. The van der Waals surface area contributed by atoms with Crippen LogP contribution in [0.15, 0.2) is 36.4 Å². The zero-order valence-corrected chi connectivity index (χ0v) is 14.7. The third-order valence-corrected chi connectivity index (χ3v) is 4.60. The summed E-state index contributed by atoms with van der Waals surface area (Å²) >= 11 is 0. The van der Waals surface area contributed by atoms with E-state index in [1.54, 1.807) is 38.5 Å². The van der Waals surface area contributed by atoms with E-state index >= 15 is 0 Å². The molecule has 4 heteroatoms. The second kappa shape index (κ2) is 7.95. The van der Waals surface area contributed by atoms with Gasteiger partial charge in [-0.1, -0.05) is 26.0 Å². The minimum Gasteiger partial charge on any atom is -0.508 e. The molecule has 0 saturated heterocycles. The largest absolute Gasteiger partial charge is 0.508 e. The van der Waals surface area contributed by atoms with Crippen molar-refractivity contribution in [3.8, 4) is 23.0 Å². The molecule has 2 atom stereocenters. The van der Waals surface area contributed by atoms with E-state index in [1.165, 1.54) is 0 Å². The molecular weight excluding hydrogens is 304 g/mol. The highest BCUT2D eigenvalue weighted by atomic mass is 16.5. The Bertz CT molecular complexity index is 622. The van der Waals surface area contributed by atoms with E-state index in [0.717, 1.165) is 35.5 Å². The predicted molar refractivity (Wildman–Crippen MR) is 95.1 cm³/mol. The summed E-state index contributed by atoms with van der Waals surface area (Å²) in [6.45, 7) is 4.42. The summed E-state index contributed by atoms with van der Waals surface area (Å²) in [7, 11) is 3.24. The van der Waals surface area contributed by atoms with Crippen molar-refractivity contribution in [3.05, 3.63) is 47.5 Å². The molecule has 130 valence electrons. The lowest BCUT2D eigenvalue weighted by Crippen LogP contribution is -2.14. The van der Waals surface area contributed by atoms with E-state index in [1.807, 2.05) is 12.1 Å². The first-order chi connectivity index (χ1) is 11.4. The van der Waals surface area contributed by atoms with Crippen LogP contribution in [0.25, 0.3) is 0 Å². The summed E-state index contributed by atoms with van der Waals surface area (Å²) in [6.07, 6.45) is 1.73. The minimum absolute atomic E-state index is 0.213. The number of benzene rings is 2. The average molecular weight is 330 g/mol. The van der Waals surface area contributed by atoms with Gasteiger partial charge in [-0.15, -0.1) is 0 Å². The van der Waals surface area contributed by atoms with E-state index in [2.05, 4.69) is 13.8 Å². The first kappa shape index (κ1) is 18.0. The Morgan fingerprint density at radius 3 is 1.46 bits per heavy atom. The molecule has 0 aliphatic heterocycles. The smallest absolute Gasteiger partial charge is 0.125 e. The molecule has 0 unspecified atom stereocenters. The van der Waals surface area contributed by atoms with Gasteiger partial charge in [0.05, 0.1) is 14.2 Å². The molecule has 0 heterocycles. The third kappa shape index (κ3) is 4.34. The molecule has 2 N–H and O–H groups in total. The second-order valence-corrected chi connectivity index (χ2v) is 6.36. The molecular formula is C20H26O4. The highest BCUT2D eigenvalue weighted by Gasteiger charge is 2.18. The highest BCUT2D eigenvalue weighted by Crippen LogP contribution is 2.31. The first-order valence-corrected chi connectivity index (χ1v) is 8.16. The van der Waals surface area contributed by atoms with Gasteiger partial charge in [-0.2, -0.15) is 0 Å². The maximum Gasteiger partial charge on any atom is 0.125 e. The van der Waals surface area contributed by atoms with Crippen LogP contribution in [-0.2, 0) is 12.8 Å². The fraction of sp³-hybridized carbons (Fsp3) is 0.400. The van der Waals surface area contributed by atoms with Gasteiger partial charge in [0, 0.05) is 12.1 Å². The number of ether oxygens (including phenoxy) is 2. The van der Waals surface area contributed by atoms with Crippen LogP contribution >= 0.6 is 0 Å². The van der Waals surface area contributed by atoms with Gasteiger partial charge in [0.1, 0.15) is 23.0 Å². The molecule has 0 bridgehead atoms. The van der Waals surface area contributed by atoms with Crippen LogP contribution in [0.3, 0.4) is 0 Å². The van der Waals surface area contributed by atoms with Crippen molar-refractivity contribution in [2.45, 2.75) is 26.7 Å². The van der Waals surface area contributed by atoms with Gasteiger partial charge >= 0.3 is 0 Å². The van der Waals surface area contributed by atoms with Crippen molar-refractivity contribution in [3.63, 3.8) is 0 Å². The predicted octanol–water partition coefficient (Wildman–Crippen LogP) is 4.17. The monoisotopic (exact) mass is 330 g/mol. The summed E-state index contributed by atoms with van der Waals surface area (Å²) in [5.74, 6) is 2.70. The molecule has 24 heavy (non-hydrogen) atoms. The van der Waals surface area contributed by atoms with E-state index < -0.39 is 0 Å². The van der Waals surface area contributed by atoms with Crippen LogP contribution in [-0.4, -0.2) is 24.4 Å². The summed E-state index contributed by atoms with van der Waals surface area (Å²) in [5, 5.41) is 19.1. The normalized spacial score (nSPS) is 13.3. The van der Waals surface area contributed by atoms with E-state index in [0.29, 0.717) is 11.8 Å². The van der Waals surface area contributed by atoms with Crippen molar-refractivity contribution in [2.75, 3.05) is 14.2 Å². The lowest BCUT2D eigenvalue weighted by molar-refractivity contribution is 0.357. The van der Waals surface area contributed by atoms with Crippen molar-refractivity contribution < 1.29 is 19.7 Å². The van der Waals surface area contributed by atoms with E-state index in [-0.39, 0.29) is 11.5 Å². The SMILES string of the molecule is COc1cc(O)ccc1C[C@@H](C)[C@H](C)Cc1ccc(O)cc1OC. The molecule has 0 saturated carbocycles. The zero-order chi connectivity index (χ0) is 17.7. The summed E-state index contributed by atoms with van der Waals surface area (Å²) in [6, 6.07) is 10.5. The minimum atomic E-state index is 0.213. The maximum atomic E-state index is 9.57. The average Bonchev–Trinajstić information content (AvgIpc) is 2.57. The van der Waals surface area contributed by atoms with Crippen molar-refractivity contribution >= 4 is 0 Å². The molecule has 0 fully saturated rings. The van der Waals surface area contributed by atoms with Crippen LogP contribution < -0.4 is 9.47 Å². The van der Waals surface area contributed by atoms with Gasteiger partial charge in [-0.05, 0) is 47.9 Å². The van der Waals surface area contributed by atoms with Gasteiger partial charge in [-0.3, -0.25) is 0 Å². The Hall–Kier alpha value is -2.36. The number of rotatable bonds is 7. The molecule has 0 amide bonds. The van der Waals surface area contributed by atoms with Crippen LogP contribution in [0.5, 0.6) is 23.0 Å². The Balaban J connectivity index is 2.09. The zero-order valence-electron chi connectivity index (χ0n) is 14.7. The summed E-state index contributed by atoms with van der Waals surface area (Å²) < 4.78 is 10.7. The second-order valence-electron chi connectivity index (χ2n) is 6.36. The highest BCUT2D eigenvalue weighted by molar-refractivity contribution is 5.41. The number of hydrogen-bond acceptors (Lipinski definition) is 4. The third-order valence-electron chi connectivity index (χ3n) is 4.60. The van der Waals surface area contributed by atoms with Crippen LogP contribution in [0.4, 0.5) is 0 Å². The number of methoxy groups -OCH3 is 2. The van der Waals surface area contributed by atoms with Crippen molar-refractivity contribution in [2.24, 2.45) is 11.8 Å². The van der Waals surface area contributed by atoms with Gasteiger partial charge in [-0.25, -0.2) is 0 Å². The van der Waals surface area contributed by atoms with Crippen LogP contribution in [0, 0.1) is 11.8 Å². The quantitative estimate of drug-likeness (QED) is 0.800. The van der Waals surface area contributed by atoms with Gasteiger partial charge in [0.2, 0.25) is 0 Å². The Labute approximate surface area is 143 Å². The lowest BCUT2D eigenvalue weighted by Gasteiger charge is -2.22. The molecule has 2 aromatic carbocycles. The van der Waals surface area contributed by atoms with Gasteiger partial charge in [0.25, 0.3) is 0 Å². The van der Waals surface area contributed by atoms with Crippen molar-refractivity contribution in [1.29, 1.82) is 0 Å². The molecule has 0 aliphatic carbocycles. The van der Waals surface area contributed by atoms with E-state index in [4.69, 9.17) is 9.47 Å². The topological polar surface area (TPSA) is 58.9 Å². The lowest BCUT2D eigenvalue weighted by atomic mass is 9.85. The molecule has 0 aliphatic rings. The van der Waals surface area contributed by atoms with Crippen LogP contribution in [0.1, 0.15) is 25.0 Å². The standard InChI is InChI=1S/C20H26O4/c1-13(9-15-5-7-17(21)11-19(15)23-3)14(2)10-16-6-8-18(22)12-20(16)24-4/h5-8,11-14,21-22H,9-10H2,1-4H3/t13-,14-/m1/s1. The molecule has 0 aromatic heterocycles. The summed E-state index contributed by atoms with van der Waals surface area (Å²) in [5.41, 5.74) is 2.18. The number of phenolic OH excluding ortho intramolecular Hbond substituents is 2. The first-order valence-electron chi connectivity index (χ1n) is 8.16. The molecule has 2 aromatic rings. The number of aromatic hydroxyl groups is 2. The van der Waals surface area contributed by atoms with E-state index in [9.17, 15) is 10.2 Å². The van der Waals surface area contributed by atoms with Crippen molar-refractivity contribution in [1.82, 2.24) is 0 Å². The Morgan fingerprint density at radius 2 is 1.12 bits per heavy atom. The van der Waals surface area contributed by atoms with Gasteiger partial charge in [0.15, 0.2) is 0 Å².